The van der Waals surface area contributed by atoms with E-state index in [1.165, 1.54) is 54.5 Å². The lowest BCUT2D eigenvalue weighted by atomic mass is 10.0. The van der Waals surface area contributed by atoms with Crippen LogP contribution in [0.3, 0.4) is 0 Å². The first kappa shape index (κ1) is 29.6. The zero-order chi connectivity index (χ0) is 34.9. The topological polar surface area (TPSA) is 21.3 Å². The Morgan fingerprint density at radius 3 is 1.64 bits per heavy atom. The normalized spacial score (nSPS) is 11.8. The summed E-state index contributed by atoms with van der Waals surface area (Å²) in [6.07, 6.45) is 0. The van der Waals surface area contributed by atoms with E-state index in [0.717, 1.165) is 44.7 Å². The number of hydrogen-bond donors (Lipinski definition) is 0. The fourth-order valence-electron chi connectivity index (χ4n) is 8.20. The summed E-state index contributed by atoms with van der Waals surface area (Å²) in [7, 11) is 0. The third-order valence-corrected chi connectivity index (χ3v) is 10.7. The van der Waals surface area contributed by atoms with E-state index < -0.39 is 0 Å². The van der Waals surface area contributed by atoms with Gasteiger partial charge in [-0.1, -0.05) is 133 Å². The van der Waals surface area contributed by atoms with Gasteiger partial charge >= 0.3 is 0 Å². The van der Waals surface area contributed by atoms with Crippen LogP contribution in [-0.4, -0.2) is 4.57 Å². The van der Waals surface area contributed by atoms with Crippen molar-refractivity contribution in [3.63, 3.8) is 0 Å². The predicted molar refractivity (Wildman–Crippen MR) is 223 cm³/mol. The molecule has 53 heavy (non-hydrogen) atoms. The van der Waals surface area contributed by atoms with Crippen molar-refractivity contribution < 1.29 is 4.42 Å². The maximum Gasteiger partial charge on any atom is 0.159 e. The fourth-order valence-corrected chi connectivity index (χ4v) is 8.20. The van der Waals surface area contributed by atoms with Crippen LogP contribution in [0, 0.1) is 0 Å². The van der Waals surface area contributed by atoms with E-state index in [1.54, 1.807) is 0 Å². The molecule has 0 amide bonds. The van der Waals surface area contributed by atoms with E-state index in [2.05, 4.69) is 198 Å². The molecule has 2 aromatic heterocycles. The molecule has 3 nitrogen and oxygen atoms in total. The highest BCUT2D eigenvalue weighted by Crippen LogP contribution is 2.45. The molecule has 2 heterocycles. The average Bonchev–Trinajstić information content (AvgIpc) is 3.77. The van der Waals surface area contributed by atoms with Gasteiger partial charge < -0.3 is 13.9 Å². The number of anilines is 3. The number of aromatic nitrogens is 1. The van der Waals surface area contributed by atoms with E-state index in [0.29, 0.717) is 0 Å². The van der Waals surface area contributed by atoms with Gasteiger partial charge in [-0.3, -0.25) is 0 Å². The summed E-state index contributed by atoms with van der Waals surface area (Å²) in [4.78, 5) is 2.36. The number of furan rings is 1. The van der Waals surface area contributed by atoms with Crippen molar-refractivity contribution >= 4 is 82.4 Å². The van der Waals surface area contributed by atoms with Gasteiger partial charge in [-0.05, 0) is 93.3 Å². The lowest BCUT2D eigenvalue weighted by molar-refractivity contribution is 0.669. The molecule has 0 aliphatic heterocycles. The number of nitrogens with zero attached hydrogens (tertiary/aromatic N) is 2. The average molecular weight is 677 g/mol. The molecule has 0 radical (unpaired) electrons. The molecule has 0 spiro atoms. The first-order chi connectivity index (χ1) is 26.3. The van der Waals surface area contributed by atoms with E-state index in [4.69, 9.17) is 4.42 Å². The SMILES string of the molecule is c1ccc2cc(-c3ccc(N(c4ccc5ccccc5c4)c4cc(-n5c6ccccc6c6ccccc65)cc5c4oc4ccccc45)cc3)ccc2c1. The Bertz CT molecular complexity index is 3130. The van der Waals surface area contributed by atoms with Gasteiger partial charge in [-0.25, -0.2) is 0 Å². The maximum absolute atomic E-state index is 6.83. The van der Waals surface area contributed by atoms with Gasteiger partial charge in [0.25, 0.3) is 0 Å². The second-order valence-electron chi connectivity index (χ2n) is 13.8. The number of para-hydroxylation sites is 3. The third-order valence-electron chi connectivity index (χ3n) is 10.7. The Labute approximate surface area is 306 Å². The summed E-state index contributed by atoms with van der Waals surface area (Å²) in [5.74, 6) is 0. The highest BCUT2D eigenvalue weighted by atomic mass is 16.3. The van der Waals surface area contributed by atoms with Crippen LogP contribution < -0.4 is 4.90 Å². The van der Waals surface area contributed by atoms with Gasteiger partial charge in [-0.2, -0.15) is 0 Å². The molecule has 9 aromatic carbocycles. The minimum Gasteiger partial charge on any atom is -0.454 e. The Hall–Kier alpha value is -7.10. The number of fused-ring (bicyclic) bond motifs is 8. The van der Waals surface area contributed by atoms with Gasteiger partial charge in [0.05, 0.1) is 16.7 Å². The van der Waals surface area contributed by atoms with E-state index in [1.807, 2.05) is 6.07 Å². The van der Waals surface area contributed by atoms with Crippen LogP contribution in [0.4, 0.5) is 17.1 Å². The zero-order valence-electron chi connectivity index (χ0n) is 28.8. The molecule has 0 saturated carbocycles. The summed E-state index contributed by atoms with van der Waals surface area (Å²) in [5, 5.41) is 9.51. The van der Waals surface area contributed by atoms with Crippen molar-refractivity contribution in [2.45, 2.75) is 0 Å². The van der Waals surface area contributed by atoms with Crippen LogP contribution >= 0.6 is 0 Å². The first-order valence-electron chi connectivity index (χ1n) is 18.1. The Balaban J connectivity index is 1.18. The number of rotatable bonds is 5. The smallest absolute Gasteiger partial charge is 0.159 e. The maximum atomic E-state index is 6.83. The largest absolute Gasteiger partial charge is 0.454 e. The molecule has 0 unspecified atom stereocenters. The molecule has 248 valence electrons. The molecule has 0 aliphatic carbocycles. The molecule has 0 saturated heterocycles. The highest BCUT2D eigenvalue weighted by Gasteiger charge is 2.23. The fraction of sp³-hybridized carbons (Fsp3) is 0. The highest BCUT2D eigenvalue weighted by molar-refractivity contribution is 6.13. The molecule has 0 fully saturated rings. The van der Waals surface area contributed by atoms with Crippen molar-refractivity contribution in [2.24, 2.45) is 0 Å². The molecule has 11 aromatic rings. The number of hydrogen-bond acceptors (Lipinski definition) is 2. The molecular weight excluding hydrogens is 645 g/mol. The van der Waals surface area contributed by atoms with E-state index in [9.17, 15) is 0 Å². The molecule has 0 bridgehead atoms. The van der Waals surface area contributed by atoms with Gasteiger partial charge in [0.15, 0.2) is 5.58 Å². The lowest BCUT2D eigenvalue weighted by Gasteiger charge is -2.27. The van der Waals surface area contributed by atoms with Crippen molar-refractivity contribution in [2.75, 3.05) is 4.90 Å². The standard InChI is InChI=1S/C50H32N2O/c1-3-13-36-29-38(22-21-33(36)11-1)35-23-26-39(27-24-35)51(40-28-25-34-12-2-4-14-37(34)30-40)48-32-41(31-45-44-17-7-10-20-49(44)53-50(45)48)52-46-18-8-5-15-42(46)43-16-6-9-19-47(43)52/h1-32H. The summed E-state index contributed by atoms with van der Waals surface area (Å²) >= 11 is 0. The summed E-state index contributed by atoms with van der Waals surface area (Å²) < 4.78 is 9.22. The van der Waals surface area contributed by atoms with Crippen LogP contribution in [0.15, 0.2) is 199 Å². The zero-order valence-corrected chi connectivity index (χ0v) is 28.8. The molecule has 0 atom stereocenters. The Morgan fingerprint density at radius 2 is 0.925 bits per heavy atom. The van der Waals surface area contributed by atoms with E-state index >= 15 is 0 Å². The summed E-state index contributed by atoms with van der Waals surface area (Å²) in [6, 6.07) is 69.8. The molecule has 11 rings (SSSR count). The van der Waals surface area contributed by atoms with Gasteiger partial charge in [0.2, 0.25) is 0 Å². The van der Waals surface area contributed by atoms with Crippen molar-refractivity contribution in [3.05, 3.63) is 194 Å². The summed E-state index contributed by atoms with van der Waals surface area (Å²) in [5.41, 5.74) is 10.6. The number of benzene rings is 9. The van der Waals surface area contributed by atoms with E-state index in [-0.39, 0.29) is 0 Å². The first-order valence-corrected chi connectivity index (χ1v) is 18.1. The van der Waals surface area contributed by atoms with Gasteiger partial charge in [0.1, 0.15) is 5.58 Å². The quantitative estimate of drug-likeness (QED) is 0.181. The second kappa shape index (κ2) is 11.7. The Kier molecular flexibility index (Phi) is 6.55. The minimum atomic E-state index is 0.850. The van der Waals surface area contributed by atoms with Crippen LogP contribution in [0.1, 0.15) is 0 Å². The van der Waals surface area contributed by atoms with Gasteiger partial charge in [-0.15, -0.1) is 0 Å². The molecule has 0 N–H and O–H groups in total. The molecular formula is C50H32N2O. The minimum absolute atomic E-state index is 0.850. The van der Waals surface area contributed by atoms with Gasteiger partial charge in [0, 0.05) is 38.6 Å². The summed E-state index contributed by atoms with van der Waals surface area (Å²) in [6.45, 7) is 0. The van der Waals surface area contributed by atoms with Crippen LogP contribution in [0.5, 0.6) is 0 Å². The van der Waals surface area contributed by atoms with Crippen molar-refractivity contribution in [3.8, 4) is 16.8 Å². The Morgan fingerprint density at radius 1 is 0.377 bits per heavy atom. The molecule has 3 heteroatoms. The predicted octanol–water partition coefficient (Wildman–Crippen LogP) is 14.1. The van der Waals surface area contributed by atoms with Crippen LogP contribution in [0.2, 0.25) is 0 Å². The van der Waals surface area contributed by atoms with Crippen LogP contribution in [0.25, 0.3) is 82.1 Å². The second-order valence-corrected chi connectivity index (χ2v) is 13.8. The van der Waals surface area contributed by atoms with Crippen LogP contribution in [-0.2, 0) is 0 Å². The van der Waals surface area contributed by atoms with Crippen molar-refractivity contribution in [1.82, 2.24) is 4.57 Å². The molecule has 0 aliphatic rings. The monoisotopic (exact) mass is 676 g/mol. The third kappa shape index (κ3) is 4.75. The lowest BCUT2D eigenvalue weighted by Crippen LogP contribution is -2.11. The van der Waals surface area contributed by atoms with Crippen molar-refractivity contribution in [1.29, 1.82) is 0 Å².